The van der Waals surface area contributed by atoms with Crippen molar-refractivity contribution < 1.29 is 0 Å². The number of rotatable bonds is 6. The molecule has 1 heterocycles. The molecule has 0 bridgehead atoms. The van der Waals surface area contributed by atoms with Crippen molar-refractivity contribution in [2.24, 2.45) is 0 Å². The van der Waals surface area contributed by atoms with E-state index in [1.165, 1.54) is 32.8 Å². The Morgan fingerprint density at radius 1 is 0.240 bits per heavy atom. The normalized spacial score (nSPS) is 11.2. The standard InChI is InChI=1S/C47H31N3/c1-3-12-32(13-4-1)35-18-9-20-40(29-35)45-48-46(41-21-10-19-39(31-41)44-23-11-17-34-16-7-8-22-43(34)44)50-47(49-45)42-27-26-37-28-36(24-25-38(37)30-42)33-14-5-2-6-15-33/h1-31H. The molecular formula is C47H31N3. The lowest BCUT2D eigenvalue weighted by Gasteiger charge is -2.12. The van der Waals surface area contributed by atoms with Gasteiger partial charge >= 0.3 is 0 Å². The number of hydrogen-bond acceptors (Lipinski definition) is 3. The molecule has 0 amide bonds. The Morgan fingerprint density at radius 3 is 1.32 bits per heavy atom. The van der Waals surface area contributed by atoms with E-state index in [2.05, 4.69) is 176 Å². The number of benzene rings is 8. The second kappa shape index (κ2) is 12.7. The number of nitrogens with zero attached hydrogens (tertiary/aromatic N) is 3. The van der Waals surface area contributed by atoms with Crippen molar-refractivity contribution in [3.8, 4) is 67.5 Å². The zero-order valence-corrected chi connectivity index (χ0v) is 27.2. The number of aromatic nitrogens is 3. The van der Waals surface area contributed by atoms with Gasteiger partial charge in [0.25, 0.3) is 0 Å². The lowest BCUT2D eigenvalue weighted by molar-refractivity contribution is 1.07. The Balaban J connectivity index is 1.18. The first-order valence-electron chi connectivity index (χ1n) is 16.9. The molecule has 50 heavy (non-hydrogen) atoms. The van der Waals surface area contributed by atoms with E-state index in [0.717, 1.165) is 38.8 Å². The van der Waals surface area contributed by atoms with Gasteiger partial charge in [-0.05, 0) is 79.2 Å². The lowest BCUT2D eigenvalue weighted by Crippen LogP contribution is -2.00. The van der Waals surface area contributed by atoms with Gasteiger partial charge in [-0.25, -0.2) is 15.0 Å². The second-order valence-corrected chi connectivity index (χ2v) is 12.5. The molecule has 0 fully saturated rings. The van der Waals surface area contributed by atoms with Crippen molar-refractivity contribution in [3.05, 3.63) is 188 Å². The molecule has 3 nitrogen and oxygen atoms in total. The van der Waals surface area contributed by atoms with E-state index in [0.29, 0.717) is 17.5 Å². The van der Waals surface area contributed by atoms with Crippen LogP contribution in [0.25, 0.3) is 89.1 Å². The molecule has 0 radical (unpaired) electrons. The van der Waals surface area contributed by atoms with E-state index in [1.54, 1.807) is 0 Å². The van der Waals surface area contributed by atoms with Crippen LogP contribution in [0.4, 0.5) is 0 Å². The minimum Gasteiger partial charge on any atom is -0.208 e. The Kier molecular flexibility index (Phi) is 7.49. The summed E-state index contributed by atoms with van der Waals surface area (Å²) >= 11 is 0. The predicted molar refractivity (Wildman–Crippen MR) is 207 cm³/mol. The monoisotopic (exact) mass is 637 g/mol. The van der Waals surface area contributed by atoms with Crippen molar-refractivity contribution in [2.45, 2.75) is 0 Å². The molecule has 0 atom stereocenters. The minimum absolute atomic E-state index is 0.636. The van der Waals surface area contributed by atoms with Crippen molar-refractivity contribution in [1.82, 2.24) is 15.0 Å². The fourth-order valence-corrected chi connectivity index (χ4v) is 6.73. The van der Waals surface area contributed by atoms with Crippen molar-refractivity contribution in [3.63, 3.8) is 0 Å². The first kappa shape index (κ1) is 29.4. The van der Waals surface area contributed by atoms with Gasteiger partial charge in [-0.15, -0.1) is 0 Å². The molecule has 9 aromatic rings. The van der Waals surface area contributed by atoms with Gasteiger partial charge in [-0.1, -0.05) is 164 Å². The van der Waals surface area contributed by atoms with Crippen LogP contribution in [-0.4, -0.2) is 15.0 Å². The smallest absolute Gasteiger partial charge is 0.164 e. The summed E-state index contributed by atoms with van der Waals surface area (Å²) in [6.07, 6.45) is 0. The molecule has 0 saturated carbocycles. The van der Waals surface area contributed by atoms with Crippen LogP contribution in [0.1, 0.15) is 0 Å². The number of fused-ring (bicyclic) bond motifs is 2. The highest BCUT2D eigenvalue weighted by Gasteiger charge is 2.15. The number of hydrogen-bond donors (Lipinski definition) is 0. The van der Waals surface area contributed by atoms with E-state index >= 15 is 0 Å². The molecule has 0 aliphatic carbocycles. The minimum atomic E-state index is 0.636. The maximum Gasteiger partial charge on any atom is 0.164 e. The van der Waals surface area contributed by atoms with Crippen molar-refractivity contribution >= 4 is 21.5 Å². The van der Waals surface area contributed by atoms with Crippen LogP contribution < -0.4 is 0 Å². The summed E-state index contributed by atoms with van der Waals surface area (Å²) in [6.45, 7) is 0. The second-order valence-electron chi connectivity index (χ2n) is 12.5. The quantitative estimate of drug-likeness (QED) is 0.182. The average Bonchev–Trinajstić information content (AvgIpc) is 3.21. The van der Waals surface area contributed by atoms with E-state index in [4.69, 9.17) is 15.0 Å². The molecule has 0 unspecified atom stereocenters. The maximum atomic E-state index is 5.13. The molecule has 0 aliphatic rings. The molecule has 8 aromatic carbocycles. The van der Waals surface area contributed by atoms with Crippen LogP contribution in [0.5, 0.6) is 0 Å². The highest BCUT2D eigenvalue weighted by atomic mass is 15.0. The Morgan fingerprint density at radius 2 is 0.660 bits per heavy atom. The van der Waals surface area contributed by atoms with Gasteiger partial charge in [-0.2, -0.15) is 0 Å². The summed E-state index contributed by atoms with van der Waals surface area (Å²) in [6, 6.07) is 65.9. The molecule has 9 rings (SSSR count). The molecule has 3 heteroatoms. The van der Waals surface area contributed by atoms with Gasteiger partial charge in [0.15, 0.2) is 17.5 Å². The fraction of sp³-hybridized carbons (Fsp3) is 0. The molecule has 234 valence electrons. The Bertz CT molecular complexity index is 2640. The highest BCUT2D eigenvalue weighted by molar-refractivity contribution is 5.97. The predicted octanol–water partition coefficient (Wildman–Crippen LogP) is 12.2. The summed E-state index contributed by atoms with van der Waals surface area (Å²) in [5.74, 6) is 1.91. The molecule has 0 saturated heterocycles. The third kappa shape index (κ3) is 5.72. The lowest BCUT2D eigenvalue weighted by atomic mass is 9.97. The van der Waals surface area contributed by atoms with Gasteiger partial charge in [0.2, 0.25) is 0 Å². The third-order valence-electron chi connectivity index (χ3n) is 9.29. The van der Waals surface area contributed by atoms with E-state index in [9.17, 15) is 0 Å². The molecule has 0 N–H and O–H groups in total. The molecule has 0 spiro atoms. The van der Waals surface area contributed by atoms with Gasteiger partial charge in [0, 0.05) is 16.7 Å². The molecule has 1 aromatic heterocycles. The summed E-state index contributed by atoms with van der Waals surface area (Å²) < 4.78 is 0. The van der Waals surface area contributed by atoms with Gasteiger partial charge in [-0.3, -0.25) is 0 Å². The van der Waals surface area contributed by atoms with Gasteiger partial charge in [0.05, 0.1) is 0 Å². The van der Waals surface area contributed by atoms with Crippen LogP contribution in [-0.2, 0) is 0 Å². The van der Waals surface area contributed by atoms with Crippen LogP contribution in [0, 0.1) is 0 Å². The Labute approximate surface area is 291 Å². The highest BCUT2D eigenvalue weighted by Crippen LogP contribution is 2.34. The van der Waals surface area contributed by atoms with Crippen molar-refractivity contribution in [2.75, 3.05) is 0 Å². The van der Waals surface area contributed by atoms with E-state index in [-0.39, 0.29) is 0 Å². The van der Waals surface area contributed by atoms with Crippen LogP contribution in [0.15, 0.2) is 188 Å². The van der Waals surface area contributed by atoms with Crippen molar-refractivity contribution in [1.29, 1.82) is 0 Å². The first-order chi connectivity index (χ1) is 24.7. The van der Waals surface area contributed by atoms with E-state index in [1.807, 2.05) is 12.1 Å². The zero-order valence-electron chi connectivity index (χ0n) is 27.2. The SMILES string of the molecule is c1ccc(-c2cccc(-c3nc(-c4cccc(-c5cccc6ccccc56)c4)nc(-c4ccc5cc(-c6ccccc6)ccc5c4)n3)c2)cc1. The van der Waals surface area contributed by atoms with Crippen LogP contribution >= 0.6 is 0 Å². The van der Waals surface area contributed by atoms with E-state index < -0.39 is 0 Å². The Hall–Kier alpha value is -6.71. The summed E-state index contributed by atoms with van der Waals surface area (Å²) in [5, 5.41) is 4.73. The summed E-state index contributed by atoms with van der Waals surface area (Å²) in [4.78, 5) is 15.3. The van der Waals surface area contributed by atoms with Gasteiger partial charge in [0.1, 0.15) is 0 Å². The first-order valence-corrected chi connectivity index (χ1v) is 16.9. The van der Waals surface area contributed by atoms with Crippen LogP contribution in [0.2, 0.25) is 0 Å². The average molecular weight is 638 g/mol. The zero-order chi connectivity index (χ0) is 33.3. The molecular weight excluding hydrogens is 607 g/mol. The summed E-state index contributed by atoms with van der Waals surface area (Å²) in [7, 11) is 0. The van der Waals surface area contributed by atoms with Gasteiger partial charge < -0.3 is 0 Å². The van der Waals surface area contributed by atoms with Crippen LogP contribution in [0.3, 0.4) is 0 Å². The topological polar surface area (TPSA) is 38.7 Å². The maximum absolute atomic E-state index is 5.13. The summed E-state index contributed by atoms with van der Waals surface area (Å²) in [5.41, 5.74) is 9.78. The third-order valence-corrected chi connectivity index (χ3v) is 9.29. The molecule has 0 aliphatic heterocycles. The largest absolute Gasteiger partial charge is 0.208 e. The fourth-order valence-electron chi connectivity index (χ4n) is 6.73.